The predicted molar refractivity (Wildman–Crippen MR) is 87.9 cm³/mol. The summed E-state index contributed by atoms with van der Waals surface area (Å²) in [6.45, 7) is 1.94. The standard InChI is InChI=1S/C19H21NO2/c21-19(17-12-14-22-15-17)20(18-9-5-2-6-10-18)13-11-16-7-3-1-4-8-16/h1-10,17H,11-15H2. The molecule has 114 valence electrons. The van der Waals surface area contributed by atoms with E-state index in [0.29, 0.717) is 19.8 Å². The van der Waals surface area contributed by atoms with Crippen LogP contribution in [0.3, 0.4) is 0 Å². The number of ether oxygens (including phenoxy) is 1. The normalized spacial score (nSPS) is 17.4. The second-order valence-electron chi connectivity index (χ2n) is 5.62. The molecule has 0 spiro atoms. The monoisotopic (exact) mass is 295 g/mol. The average Bonchev–Trinajstić information content (AvgIpc) is 3.11. The van der Waals surface area contributed by atoms with Crippen LogP contribution in [-0.4, -0.2) is 25.7 Å². The molecule has 2 aromatic rings. The van der Waals surface area contributed by atoms with Crippen LogP contribution < -0.4 is 4.90 Å². The maximum atomic E-state index is 12.8. The molecule has 1 aliphatic rings. The zero-order chi connectivity index (χ0) is 15.2. The Balaban J connectivity index is 1.75. The first-order chi connectivity index (χ1) is 10.8. The van der Waals surface area contributed by atoms with Crippen molar-refractivity contribution in [1.82, 2.24) is 0 Å². The second kappa shape index (κ2) is 7.23. The van der Waals surface area contributed by atoms with Crippen molar-refractivity contribution in [3.8, 4) is 0 Å². The molecule has 0 aromatic heterocycles. The molecule has 1 unspecified atom stereocenters. The van der Waals surface area contributed by atoms with Crippen molar-refractivity contribution in [2.24, 2.45) is 5.92 Å². The topological polar surface area (TPSA) is 29.5 Å². The van der Waals surface area contributed by atoms with Gasteiger partial charge in [-0.05, 0) is 30.5 Å². The van der Waals surface area contributed by atoms with Crippen LogP contribution in [0.15, 0.2) is 60.7 Å². The number of carbonyl (C=O) groups excluding carboxylic acids is 1. The molecule has 3 nitrogen and oxygen atoms in total. The number of hydrogen-bond donors (Lipinski definition) is 0. The lowest BCUT2D eigenvalue weighted by atomic mass is 10.1. The van der Waals surface area contributed by atoms with E-state index < -0.39 is 0 Å². The number of para-hydroxylation sites is 1. The van der Waals surface area contributed by atoms with Crippen LogP contribution in [0.25, 0.3) is 0 Å². The van der Waals surface area contributed by atoms with Crippen molar-refractivity contribution in [2.75, 3.05) is 24.7 Å². The molecular weight excluding hydrogens is 274 g/mol. The van der Waals surface area contributed by atoms with Crippen LogP contribution in [0.4, 0.5) is 5.69 Å². The van der Waals surface area contributed by atoms with Gasteiger partial charge in [-0.15, -0.1) is 0 Å². The third-order valence-corrected chi connectivity index (χ3v) is 4.08. The van der Waals surface area contributed by atoms with Gasteiger partial charge in [-0.1, -0.05) is 48.5 Å². The number of nitrogens with zero attached hydrogens (tertiary/aromatic N) is 1. The van der Waals surface area contributed by atoms with E-state index in [1.165, 1.54) is 5.56 Å². The van der Waals surface area contributed by atoms with E-state index in [4.69, 9.17) is 4.74 Å². The van der Waals surface area contributed by atoms with E-state index in [0.717, 1.165) is 18.5 Å². The molecule has 3 heteroatoms. The van der Waals surface area contributed by atoms with Crippen LogP contribution in [0.5, 0.6) is 0 Å². The second-order valence-corrected chi connectivity index (χ2v) is 5.62. The van der Waals surface area contributed by atoms with Crippen molar-refractivity contribution in [3.63, 3.8) is 0 Å². The molecule has 3 rings (SSSR count). The van der Waals surface area contributed by atoms with Crippen molar-refractivity contribution >= 4 is 11.6 Å². The van der Waals surface area contributed by atoms with Gasteiger partial charge in [-0.25, -0.2) is 0 Å². The summed E-state index contributed by atoms with van der Waals surface area (Å²) < 4.78 is 5.38. The molecule has 1 amide bonds. The van der Waals surface area contributed by atoms with Crippen LogP contribution in [0, 0.1) is 5.92 Å². The lowest BCUT2D eigenvalue weighted by Crippen LogP contribution is -2.38. The van der Waals surface area contributed by atoms with E-state index in [2.05, 4.69) is 12.1 Å². The van der Waals surface area contributed by atoms with Gasteiger partial charge in [0.15, 0.2) is 0 Å². The van der Waals surface area contributed by atoms with Crippen LogP contribution in [0.2, 0.25) is 0 Å². The summed E-state index contributed by atoms with van der Waals surface area (Å²) in [4.78, 5) is 14.7. The minimum Gasteiger partial charge on any atom is -0.381 e. The van der Waals surface area contributed by atoms with Gasteiger partial charge < -0.3 is 9.64 Å². The lowest BCUT2D eigenvalue weighted by molar-refractivity contribution is -0.122. The molecule has 22 heavy (non-hydrogen) atoms. The summed E-state index contributed by atoms with van der Waals surface area (Å²) in [5.74, 6) is 0.176. The van der Waals surface area contributed by atoms with Gasteiger partial charge in [0.2, 0.25) is 5.91 Å². The molecule has 1 saturated heterocycles. The minimum absolute atomic E-state index is 0.00372. The van der Waals surface area contributed by atoms with Gasteiger partial charge in [0.1, 0.15) is 0 Å². The number of carbonyl (C=O) groups is 1. The Morgan fingerprint density at radius 1 is 1.05 bits per heavy atom. The zero-order valence-electron chi connectivity index (χ0n) is 12.7. The Morgan fingerprint density at radius 3 is 2.36 bits per heavy atom. The molecule has 1 fully saturated rings. The third kappa shape index (κ3) is 3.55. The molecule has 0 aliphatic carbocycles. The van der Waals surface area contributed by atoms with E-state index >= 15 is 0 Å². The number of anilines is 1. The SMILES string of the molecule is O=C(C1CCOC1)N(CCc1ccccc1)c1ccccc1. The fraction of sp³-hybridized carbons (Fsp3) is 0.316. The van der Waals surface area contributed by atoms with Crippen molar-refractivity contribution in [3.05, 3.63) is 66.2 Å². The van der Waals surface area contributed by atoms with E-state index in [-0.39, 0.29) is 11.8 Å². The highest BCUT2D eigenvalue weighted by Gasteiger charge is 2.28. The Bertz CT molecular complexity index is 591. The fourth-order valence-electron chi connectivity index (χ4n) is 2.81. The van der Waals surface area contributed by atoms with E-state index in [1.807, 2.05) is 53.4 Å². The summed E-state index contributed by atoms with van der Waals surface area (Å²) in [6.07, 6.45) is 1.68. The number of amides is 1. The number of hydrogen-bond acceptors (Lipinski definition) is 2. The molecule has 0 radical (unpaired) electrons. The summed E-state index contributed by atoms with van der Waals surface area (Å²) in [7, 11) is 0. The Hall–Kier alpha value is -2.13. The maximum Gasteiger partial charge on any atom is 0.232 e. The summed E-state index contributed by atoms with van der Waals surface area (Å²) in [6, 6.07) is 20.2. The van der Waals surface area contributed by atoms with Gasteiger partial charge in [-0.2, -0.15) is 0 Å². The van der Waals surface area contributed by atoms with Crippen LogP contribution in [-0.2, 0) is 16.0 Å². The molecular formula is C19H21NO2. The van der Waals surface area contributed by atoms with Gasteiger partial charge in [-0.3, -0.25) is 4.79 Å². The molecule has 1 aliphatic heterocycles. The van der Waals surface area contributed by atoms with Gasteiger partial charge in [0.25, 0.3) is 0 Å². The molecule has 2 aromatic carbocycles. The number of rotatable bonds is 5. The molecule has 1 heterocycles. The first kappa shape index (κ1) is 14.8. The predicted octanol–water partition coefficient (Wildman–Crippen LogP) is 3.30. The van der Waals surface area contributed by atoms with Gasteiger partial charge in [0.05, 0.1) is 12.5 Å². The minimum atomic E-state index is -0.00372. The highest BCUT2D eigenvalue weighted by molar-refractivity contribution is 5.95. The maximum absolute atomic E-state index is 12.8. The van der Waals surface area contributed by atoms with E-state index in [9.17, 15) is 4.79 Å². The quantitative estimate of drug-likeness (QED) is 0.847. The number of benzene rings is 2. The average molecular weight is 295 g/mol. The van der Waals surface area contributed by atoms with Crippen molar-refractivity contribution in [2.45, 2.75) is 12.8 Å². The molecule has 0 N–H and O–H groups in total. The van der Waals surface area contributed by atoms with Gasteiger partial charge >= 0.3 is 0 Å². The lowest BCUT2D eigenvalue weighted by Gasteiger charge is -2.25. The zero-order valence-corrected chi connectivity index (χ0v) is 12.7. The molecule has 0 bridgehead atoms. The van der Waals surface area contributed by atoms with Crippen molar-refractivity contribution < 1.29 is 9.53 Å². The summed E-state index contributed by atoms with van der Waals surface area (Å²) >= 11 is 0. The Morgan fingerprint density at radius 2 is 1.73 bits per heavy atom. The highest BCUT2D eigenvalue weighted by atomic mass is 16.5. The van der Waals surface area contributed by atoms with E-state index in [1.54, 1.807) is 0 Å². The third-order valence-electron chi connectivity index (χ3n) is 4.08. The van der Waals surface area contributed by atoms with Gasteiger partial charge in [0, 0.05) is 18.8 Å². The van der Waals surface area contributed by atoms with Crippen molar-refractivity contribution in [1.29, 1.82) is 0 Å². The Kier molecular flexibility index (Phi) is 4.86. The largest absolute Gasteiger partial charge is 0.381 e. The summed E-state index contributed by atoms with van der Waals surface area (Å²) in [5, 5.41) is 0. The smallest absolute Gasteiger partial charge is 0.232 e. The molecule has 1 atom stereocenters. The van der Waals surface area contributed by atoms with Crippen LogP contribution >= 0.6 is 0 Å². The van der Waals surface area contributed by atoms with Crippen LogP contribution in [0.1, 0.15) is 12.0 Å². The molecule has 0 saturated carbocycles. The first-order valence-corrected chi connectivity index (χ1v) is 7.83. The summed E-state index contributed by atoms with van der Waals surface area (Å²) in [5.41, 5.74) is 2.22. The first-order valence-electron chi connectivity index (χ1n) is 7.83. The highest BCUT2D eigenvalue weighted by Crippen LogP contribution is 2.21. The Labute approximate surface area is 131 Å². The fourth-order valence-corrected chi connectivity index (χ4v) is 2.81.